The van der Waals surface area contributed by atoms with Gasteiger partial charge in [-0.2, -0.15) is 0 Å². The Morgan fingerprint density at radius 1 is 0.657 bits per heavy atom. The van der Waals surface area contributed by atoms with Crippen LogP contribution in [0.1, 0.15) is 23.6 Å². The minimum atomic E-state index is -0.514. The van der Waals surface area contributed by atoms with Crippen LogP contribution < -0.4 is 0 Å². The van der Waals surface area contributed by atoms with Crippen molar-refractivity contribution >= 4 is 11.8 Å². The van der Waals surface area contributed by atoms with Gasteiger partial charge < -0.3 is 24.1 Å². The van der Waals surface area contributed by atoms with Crippen LogP contribution in [0.5, 0.6) is 0 Å². The van der Waals surface area contributed by atoms with E-state index in [0.717, 1.165) is 22.4 Å². The summed E-state index contributed by atoms with van der Waals surface area (Å²) >= 11 is 1.66. The van der Waals surface area contributed by atoms with Crippen LogP contribution >= 0.6 is 11.8 Å². The van der Waals surface area contributed by atoms with Crippen molar-refractivity contribution in [2.45, 2.75) is 56.6 Å². The lowest BCUT2D eigenvalue weighted by atomic mass is 9.99. The summed E-state index contributed by atoms with van der Waals surface area (Å²) in [4.78, 5) is 0. The molecular formula is C29H34O5S. The van der Waals surface area contributed by atoms with Crippen LogP contribution in [0.15, 0.2) is 91.0 Å². The Balaban J connectivity index is 1.58. The third-order valence-corrected chi connectivity index (χ3v) is 7.00. The molecule has 186 valence electrons. The Labute approximate surface area is 212 Å². The van der Waals surface area contributed by atoms with Gasteiger partial charge in [0.1, 0.15) is 29.9 Å². The van der Waals surface area contributed by atoms with E-state index in [9.17, 15) is 5.11 Å². The molecule has 0 spiro atoms. The fourth-order valence-corrected chi connectivity index (χ4v) is 5.16. The molecule has 5 nitrogen and oxygen atoms in total. The predicted molar refractivity (Wildman–Crippen MR) is 139 cm³/mol. The van der Waals surface area contributed by atoms with Gasteiger partial charge in [-0.25, -0.2) is 0 Å². The molecule has 0 bridgehead atoms. The van der Waals surface area contributed by atoms with E-state index in [4.69, 9.17) is 18.9 Å². The Morgan fingerprint density at radius 2 is 1.09 bits per heavy atom. The molecule has 1 aliphatic heterocycles. The molecule has 1 aliphatic rings. The van der Waals surface area contributed by atoms with Crippen molar-refractivity contribution in [3.8, 4) is 0 Å². The molecule has 5 atom stereocenters. The van der Waals surface area contributed by atoms with Gasteiger partial charge in [-0.15, -0.1) is 11.8 Å². The fraction of sp³-hybridized carbons (Fsp3) is 0.379. The number of benzene rings is 3. The Morgan fingerprint density at radius 3 is 1.51 bits per heavy atom. The number of ether oxygens (including phenoxy) is 4. The first-order valence-electron chi connectivity index (χ1n) is 12.1. The summed E-state index contributed by atoms with van der Waals surface area (Å²) < 4.78 is 25.7. The average Bonchev–Trinajstić information content (AvgIpc) is 2.92. The smallest absolute Gasteiger partial charge is 0.132 e. The number of hydrogen-bond acceptors (Lipinski definition) is 6. The van der Waals surface area contributed by atoms with Crippen molar-refractivity contribution in [2.75, 3.05) is 12.4 Å². The van der Waals surface area contributed by atoms with Gasteiger partial charge in [-0.05, 0) is 22.4 Å². The average molecular weight is 495 g/mol. The molecule has 0 radical (unpaired) electrons. The van der Waals surface area contributed by atoms with Gasteiger partial charge >= 0.3 is 0 Å². The molecule has 0 amide bonds. The zero-order valence-electron chi connectivity index (χ0n) is 20.1. The molecule has 0 saturated carbocycles. The summed E-state index contributed by atoms with van der Waals surface area (Å²) in [5.74, 6) is 0.856. The van der Waals surface area contributed by atoms with E-state index in [0.29, 0.717) is 19.8 Å². The normalized spacial score (nSPS) is 24.3. The van der Waals surface area contributed by atoms with E-state index in [1.165, 1.54) is 0 Å². The van der Waals surface area contributed by atoms with Crippen LogP contribution in [0, 0.1) is 0 Å². The van der Waals surface area contributed by atoms with Crippen molar-refractivity contribution in [3.05, 3.63) is 108 Å². The SMILES string of the molecule is CCS[C@@H]1O[C@H](CO)[C@@H](OCc2ccccc2)[C@H](OCc2ccccc2)[C@H]1OCc1ccccc1. The number of aliphatic hydroxyl groups is 1. The number of aliphatic hydroxyl groups excluding tert-OH is 1. The highest BCUT2D eigenvalue weighted by atomic mass is 32.2. The standard InChI is InChI=1S/C29H34O5S/c1-2-35-29-28(33-21-24-16-10-5-11-17-24)27(32-20-23-14-8-4-9-15-23)26(25(18-30)34-29)31-19-22-12-6-3-7-13-22/h3-17,25-30H,2,18-21H2,1H3/t25-,26-,27+,28-,29+/m1/s1. The molecule has 1 heterocycles. The highest BCUT2D eigenvalue weighted by Crippen LogP contribution is 2.35. The monoisotopic (exact) mass is 494 g/mol. The maximum atomic E-state index is 10.2. The van der Waals surface area contributed by atoms with Crippen LogP contribution in [0.3, 0.4) is 0 Å². The van der Waals surface area contributed by atoms with Gasteiger partial charge in [-0.3, -0.25) is 0 Å². The molecule has 4 rings (SSSR count). The van der Waals surface area contributed by atoms with Gasteiger partial charge in [0, 0.05) is 0 Å². The van der Waals surface area contributed by atoms with E-state index in [1.807, 2.05) is 91.0 Å². The molecule has 3 aromatic rings. The summed E-state index contributed by atoms with van der Waals surface area (Å²) in [5.41, 5.74) is 2.93. The van der Waals surface area contributed by atoms with Crippen LogP contribution in [0.4, 0.5) is 0 Å². The zero-order chi connectivity index (χ0) is 24.3. The largest absolute Gasteiger partial charge is 0.394 e. The van der Waals surface area contributed by atoms with Gasteiger partial charge in [0.05, 0.1) is 26.4 Å². The van der Waals surface area contributed by atoms with Crippen LogP contribution in [0.25, 0.3) is 0 Å². The molecule has 1 N–H and O–H groups in total. The van der Waals surface area contributed by atoms with Crippen molar-refractivity contribution in [1.29, 1.82) is 0 Å². The van der Waals surface area contributed by atoms with Crippen molar-refractivity contribution < 1.29 is 24.1 Å². The van der Waals surface area contributed by atoms with E-state index in [1.54, 1.807) is 11.8 Å². The van der Waals surface area contributed by atoms with E-state index in [-0.39, 0.29) is 18.1 Å². The van der Waals surface area contributed by atoms with Gasteiger partial charge in [0.2, 0.25) is 0 Å². The first kappa shape index (κ1) is 25.9. The third-order valence-electron chi connectivity index (χ3n) is 5.96. The lowest BCUT2D eigenvalue weighted by molar-refractivity contribution is -0.251. The third kappa shape index (κ3) is 7.40. The van der Waals surface area contributed by atoms with Crippen LogP contribution in [-0.2, 0) is 38.8 Å². The van der Waals surface area contributed by atoms with Gasteiger partial charge in [0.15, 0.2) is 0 Å². The molecule has 1 saturated heterocycles. The Kier molecular flexibility index (Phi) is 10.2. The molecule has 0 unspecified atom stereocenters. The van der Waals surface area contributed by atoms with Crippen molar-refractivity contribution in [3.63, 3.8) is 0 Å². The minimum Gasteiger partial charge on any atom is -0.394 e. The van der Waals surface area contributed by atoms with Gasteiger partial charge in [-0.1, -0.05) is 97.9 Å². The maximum Gasteiger partial charge on any atom is 0.132 e. The second-order valence-corrected chi connectivity index (χ2v) is 9.84. The van der Waals surface area contributed by atoms with Crippen LogP contribution in [-0.4, -0.2) is 47.3 Å². The number of rotatable bonds is 12. The summed E-state index contributed by atoms with van der Waals surface area (Å²) in [5, 5.41) is 10.2. The van der Waals surface area contributed by atoms with Crippen LogP contribution in [0.2, 0.25) is 0 Å². The number of hydrogen-bond donors (Lipinski definition) is 1. The summed E-state index contributed by atoms with van der Waals surface area (Å²) in [6.07, 6.45) is -1.79. The first-order valence-corrected chi connectivity index (χ1v) is 13.2. The molecule has 6 heteroatoms. The Hall–Kier alpha value is -2.19. The lowest BCUT2D eigenvalue weighted by Gasteiger charge is -2.45. The second kappa shape index (κ2) is 13.8. The van der Waals surface area contributed by atoms with E-state index in [2.05, 4.69) is 6.92 Å². The maximum absolute atomic E-state index is 10.2. The zero-order valence-corrected chi connectivity index (χ0v) is 20.9. The molecule has 0 aliphatic carbocycles. The molecule has 35 heavy (non-hydrogen) atoms. The highest BCUT2D eigenvalue weighted by molar-refractivity contribution is 7.99. The van der Waals surface area contributed by atoms with E-state index >= 15 is 0 Å². The summed E-state index contributed by atoms with van der Waals surface area (Å²) in [6, 6.07) is 30.2. The summed E-state index contributed by atoms with van der Waals surface area (Å²) in [6.45, 7) is 3.19. The molecular weight excluding hydrogens is 460 g/mol. The van der Waals surface area contributed by atoms with E-state index < -0.39 is 18.3 Å². The minimum absolute atomic E-state index is 0.156. The molecule has 1 fully saturated rings. The Bertz CT molecular complexity index is 972. The topological polar surface area (TPSA) is 57.2 Å². The predicted octanol–water partition coefficient (Wildman–Crippen LogP) is 5.21. The second-order valence-electron chi connectivity index (χ2n) is 8.46. The lowest BCUT2D eigenvalue weighted by Crippen LogP contribution is -2.60. The first-order chi connectivity index (χ1) is 17.3. The fourth-order valence-electron chi connectivity index (χ4n) is 4.19. The quantitative estimate of drug-likeness (QED) is 0.373. The van der Waals surface area contributed by atoms with Crippen molar-refractivity contribution in [2.24, 2.45) is 0 Å². The van der Waals surface area contributed by atoms with Crippen molar-refractivity contribution in [1.82, 2.24) is 0 Å². The number of thioether (sulfide) groups is 1. The van der Waals surface area contributed by atoms with Gasteiger partial charge in [0.25, 0.3) is 0 Å². The summed E-state index contributed by atoms with van der Waals surface area (Å²) in [7, 11) is 0. The molecule has 0 aromatic heterocycles. The molecule has 3 aromatic carbocycles. The highest BCUT2D eigenvalue weighted by Gasteiger charge is 2.48.